The summed E-state index contributed by atoms with van der Waals surface area (Å²) < 4.78 is 11.0. The van der Waals surface area contributed by atoms with Crippen molar-refractivity contribution in [3.05, 3.63) is 18.6 Å². The van der Waals surface area contributed by atoms with Crippen molar-refractivity contribution in [2.75, 3.05) is 0 Å². The van der Waals surface area contributed by atoms with Gasteiger partial charge in [-0.2, -0.15) is 0 Å². The van der Waals surface area contributed by atoms with Gasteiger partial charge in [0.05, 0.1) is 6.26 Å². The highest BCUT2D eigenvalue weighted by atomic mass is 28.4. The van der Waals surface area contributed by atoms with Gasteiger partial charge in [-0.3, -0.25) is 0 Å². The molecule has 1 aromatic rings. The summed E-state index contributed by atoms with van der Waals surface area (Å²) >= 11 is 0. The molecule has 0 atom stereocenters. The first-order valence-corrected chi connectivity index (χ1v) is 7.50. The maximum Gasteiger partial charge on any atom is 0.250 e. The molecular weight excluding hydrogens is 180 g/mol. The molecule has 1 rings (SSSR count). The van der Waals surface area contributed by atoms with Crippen molar-refractivity contribution in [1.82, 2.24) is 0 Å². The smallest absolute Gasteiger partial charge is 0.250 e. The Balaban J connectivity index is 2.67. The number of hydrogen-bond donors (Lipinski definition) is 0. The monoisotopic (exact) mass is 198 g/mol. The lowest BCUT2D eigenvalue weighted by Gasteiger charge is -2.27. The molecule has 2 nitrogen and oxygen atoms in total. The molecule has 0 amide bonds. The quantitative estimate of drug-likeness (QED) is 0.674. The van der Waals surface area contributed by atoms with E-state index in [1.54, 1.807) is 12.5 Å². The fraction of sp³-hybridized carbons (Fsp3) is 0.600. The summed E-state index contributed by atoms with van der Waals surface area (Å²) in [6.45, 7) is 6.66. The minimum Gasteiger partial charge on any atom is -0.541 e. The lowest BCUT2D eigenvalue weighted by Crippen LogP contribution is -2.39. The van der Waals surface area contributed by atoms with Crippen molar-refractivity contribution in [1.29, 1.82) is 0 Å². The molecule has 0 saturated heterocycles. The minimum atomic E-state index is -1.48. The maximum absolute atomic E-state index is 6.03. The minimum absolute atomic E-state index is 0.900. The first kappa shape index (κ1) is 10.4. The summed E-state index contributed by atoms with van der Waals surface area (Å²) in [5, 5.41) is 0. The van der Waals surface area contributed by atoms with Gasteiger partial charge in [0.2, 0.25) is 0 Å². The van der Waals surface area contributed by atoms with E-state index in [-0.39, 0.29) is 0 Å². The Morgan fingerprint density at radius 1 is 1.23 bits per heavy atom. The van der Waals surface area contributed by atoms with Crippen LogP contribution in [-0.2, 0) is 0 Å². The third kappa shape index (κ3) is 2.37. The van der Waals surface area contributed by atoms with E-state index in [0.717, 1.165) is 5.75 Å². The van der Waals surface area contributed by atoms with Gasteiger partial charge in [-0.1, -0.05) is 20.8 Å². The molecule has 0 saturated carbocycles. The highest BCUT2D eigenvalue weighted by Crippen LogP contribution is 2.25. The number of furan rings is 1. The molecule has 3 heteroatoms. The standard InChI is InChI=1S/C10H18O2Si/c1-4-13(5-2,6-3)12-10-7-8-11-9-10/h7-9H,4-6H2,1-3H3. The lowest BCUT2D eigenvalue weighted by molar-refractivity contribution is 0.504. The van der Waals surface area contributed by atoms with E-state index >= 15 is 0 Å². The third-order valence-electron chi connectivity index (χ3n) is 2.76. The zero-order valence-corrected chi connectivity index (χ0v) is 9.67. The SMILES string of the molecule is CC[Si](CC)(CC)Oc1ccoc1. The van der Waals surface area contributed by atoms with Gasteiger partial charge in [0.25, 0.3) is 8.32 Å². The molecule has 0 fully saturated rings. The molecule has 0 N–H and O–H groups in total. The molecule has 1 aromatic heterocycles. The van der Waals surface area contributed by atoms with E-state index in [1.807, 2.05) is 6.07 Å². The van der Waals surface area contributed by atoms with Crippen LogP contribution < -0.4 is 4.43 Å². The molecule has 0 aliphatic rings. The summed E-state index contributed by atoms with van der Waals surface area (Å²) in [5.74, 6) is 0.900. The van der Waals surface area contributed by atoms with Gasteiger partial charge in [0, 0.05) is 6.07 Å². The third-order valence-corrected chi connectivity index (χ3v) is 7.30. The van der Waals surface area contributed by atoms with Crippen molar-refractivity contribution in [2.24, 2.45) is 0 Å². The van der Waals surface area contributed by atoms with Crippen molar-refractivity contribution in [3.63, 3.8) is 0 Å². The van der Waals surface area contributed by atoms with Gasteiger partial charge in [0.1, 0.15) is 12.0 Å². The van der Waals surface area contributed by atoms with Crippen molar-refractivity contribution in [2.45, 2.75) is 38.9 Å². The second-order valence-corrected chi connectivity index (χ2v) is 8.00. The van der Waals surface area contributed by atoms with Gasteiger partial charge in [0.15, 0.2) is 0 Å². The fourth-order valence-electron chi connectivity index (χ4n) is 1.53. The zero-order valence-electron chi connectivity index (χ0n) is 8.67. The zero-order chi connectivity index (χ0) is 9.73. The van der Waals surface area contributed by atoms with Gasteiger partial charge in [-0.05, 0) is 18.1 Å². The van der Waals surface area contributed by atoms with Crippen LogP contribution in [0, 0.1) is 0 Å². The van der Waals surface area contributed by atoms with Crippen LogP contribution in [0.15, 0.2) is 23.0 Å². The topological polar surface area (TPSA) is 22.4 Å². The summed E-state index contributed by atoms with van der Waals surface area (Å²) in [5.41, 5.74) is 0. The Morgan fingerprint density at radius 2 is 1.85 bits per heavy atom. The van der Waals surface area contributed by atoms with E-state index in [9.17, 15) is 0 Å². The van der Waals surface area contributed by atoms with Crippen LogP contribution in [0.2, 0.25) is 18.1 Å². The molecule has 0 spiro atoms. The first-order valence-electron chi connectivity index (χ1n) is 4.97. The van der Waals surface area contributed by atoms with E-state index in [4.69, 9.17) is 8.84 Å². The van der Waals surface area contributed by atoms with E-state index in [1.165, 1.54) is 18.1 Å². The molecule has 74 valence electrons. The normalized spacial score (nSPS) is 11.6. The first-order chi connectivity index (χ1) is 6.26. The Kier molecular flexibility index (Phi) is 3.60. The highest BCUT2D eigenvalue weighted by molar-refractivity contribution is 6.74. The molecule has 0 bridgehead atoms. The molecule has 0 aromatic carbocycles. The maximum atomic E-state index is 6.03. The van der Waals surface area contributed by atoms with Gasteiger partial charge < -0.3 is 8.84 Å². The van der Waals surface area contributed by atoms with E-state index in [2.05, 4.69) is 20.8 Å². The Labute approximate surface area is 81.0 Å². The van der Waals surface area contributed by atoms with Crippen molar-refractivity contribution < 1.29 is 8.84 Å². The summed E-state index contributed by atoms with van der Waals surface area (Å²) in [6, 6.07) is 5.41. The number of rotatable bonds is 5. The molecule has 0 aliphatic heterocycles. The summed E-state index contributed by atoms with van der Waals surface area (Å²) in [7, 11) is -1.48. The predicted molar refractivity (Wildman–Crippen MR) is 56.5 cm³/mol. The average Bonchev–Trinajstić information content (AvgIpc) is 2.67. The molecular formula is C10H18O2Si. The predicted octanol–water partition coefficient (Wildman–Crippen LogP) is 3.66. The van der Waals surface area contributed by atoms with Crippen LogP contribution >= 0.6 is 0 Å². The highest BCUT2D eigenvalue weighted by Gasteiger charge is 2.30. The van der Waals surface area contributed by atoms with Gasteiger partial charge in [-0.15, -0.1) is 0 Å². The van der Waals surface area contributed by atoms with Crippen LogP contribution in [0.3, 0.4) is 0 Å². The van der Waals surface area contributed by atoms with Crippen LogP contribution in [0.5, 0.6) is 5.75 Å². The number of hydrogen-bond acceptors (Lipinski definition) is 2. The Hall–Kier alpha value is -0.703. The molecule has 0 unspecified atom stereocenters. The van der Waals surface area contributed by atoms with Crippen LogP contribution in [-0.4, -0.2) is 8.32 Å². The van der Waals surface area contributed by atoms with Gasteiger partial charge >= 0.3 is 0 Å². The van der Waals surface area contributed by atoms with Crippen molar-refractivity contribution in [3.8, 4) is 5.75 Å². The van der Waals surface area contributed by atoms with Crippen LogP contribution in [0.25, 0.3) is 0 Å². The fourth-order valence-corrected chi connectivity index (χ4v) is 4.08. The largest absolute Gasteiger partial charge is 0.541 e. The summed E-state index contributed by atoms with van der Waals surface area (Å²) in [4.78, 5) is 0. The lowest BCUT2D eigenvalue weighted by atomic mass is 10.6. The van der Waals surface area contributed by atoms with Crippen molar-refractivity contribution >= 4 is 8.32 Å². The summed E-state index contributed by atoms with van der Waals surface area (Å²) in [6.07, 6.45) is 3.35. The van der Waals surface area contributed by atoms with Crippen LogP contribution in [0.1, 0.15) is 20.8 Å². The molecule has 0 aliphatic carbocycles. The van der Waals surface area contributed by atoms with Gasteiger partial charge in [-0.25, -0.2) is 0 Å². The molecule has 0 radical (unpaired) electrons. The van der Waals surface area contributed by atoms with E-state index in [0.29, 0.717) is 0 Å². The van der Waals surface area contributed by atoms with E-state index < -0.39 is 8.32 Å². The Bertz CT molecular complexity index is 219. The molecule has 1 heterocycles. The average molecular weight is 198 g/mol. The second-order valence-electron chi connectivity index (χ2n) is 3.30. The Morgan fingerprint density at radius 3 is 2.23 bits per heavy atom. The molecule has 13 heavy (non-hydrogen) atoms. The second kappa shape index (κ2) is 4.51. The van der Waals surface area contributed by atoms with Crippen LogP contribution in [0.4, 0.5) is 0 Å².